The Morgan fingerprint density at radius 1 is 0.778 bits per heavy atom. The highest BCUT2D eigenvalue weighted by Gasteiger charge is 2.33. The Kier molecular flexibility index (Phi) is 5.89. The van der Waals surface area contributed by atoms with Gasteiger partial charge in [0.05, 0.1) is 32.3 Å². The van der Waals surface area contributed by atoms with E-state index in [1.807, 2.05) is 0 Å². The Morgan fingerprint density at radius 3 is 1.94 bits per heavy atom. The van der Waals surface area contributed by atoms with Crippen LogP contribution in [0.25, 0.3) is 0 Å². The summed E-state index contributed by atoms with van der Waals surface area (Å²) in [5.74, 6) is 0.783. The molecule has 0 unspecified atom stereocenters. The molecule has 0 bridgehead atoms. The summed E-state index contributed by atoms with van der Waals surface area (Å²) in [6.07, 6.45) is 4.27. The molecule has 4 nitrogen and oxygen atoms in total. The quantitative estimate of drug-likeness (QED) is 0.759. The lowest BCUT2D eigenvalue weighted by atomic mass is 10.0. The van der Waals surface area contributed by atoms with Crippen molar-refractivity contribution in [1.29, 1.82) is 0 Å². The number of hydrogen-bond donors (Lipinski definition) is 0. The van der Waals surface area contributed by atoms with Gasteiger partial charge >= 0.3 is 0 Å². The summed E-state index contributed by atoms with van der Waals surface area (Å²) < 4.78 is 22.9. The van der Waals surface area contributed by atoms with E-state index in [2.05, 4.69) is 13.8 Å². The van der Waals surface area contributed by atoms with E-state index in [4.69, 9.17) is 18.9 Å². The molecule has 18 heavy (non-hydrogen) atoms. The zero-order valence-corrected chi connectivity index (χ0v) is 11.6. The summed E-state index contributed by atoms with van der Waals surface area (Å²) >= 11 is 0. The van der Waals surface area contributed by atoms with Crippen molar-refractivity contribution in [3.8, 4) is 0 Å². The highest BCUT2D eigenvalue weighted by Crippen LogP contribution is 2.24. The van der Waals surface area contributed by atoms with Crippen LogP contribution < -0.4 is 0 Å². The third kappa shape index (κ3) is 3.92. The molecule has 2 aliphatic heterocycles. The average Bonchev–Trinajstić information content (AvgIpc) is 2.41. The molecule has 0 saturated carbocycles. The van der Waals surface area contributed by atoms with Gasteiger partial charge in [-0.1, -0.05) is 26.7 Å². The van der Waals surface area contributed by atoms with E-state index < -0.39 is 0 Å². The van der Waals surface area contributed by atoms with Crippen LogP contribution in [0.1, 0.15) is 39.5 Å². The van der Waals surface area contributed by atoms with E-state index in [9.17, 15) is 0 Å². The van der Waals surface area contributed by atoms with Gasteiger partial charge in [-0.3, -0.25) is 0 Å². The van der Waals surface area contributed by atoms with Crippen LogP contribution in [0.15, 0.2) is 0 Å². The Balaban J connectivity index is 1.68. The van der Waals surface area contributed by atoms with E-state index in [1.165, 1.54) is 12.8 Å². The van der Waals surface area contributed by atoms with Crippen LogP contribution >= 0.6 is 0 Å². The summed E-state index contributed by atoms with van der Waals surface area (Å²) in [6, 6.07) is 0. The first kappa shape index (κ1) is 14.3. The molecule has 0 aliphatic carbocycles. The van der Waals surface area contributed by atoms with Crippen molar-refractivity contribution in [2.45, 2.75) is 52.1 Å². The molecular weight excluding hydrogens is 232 g/mol. The van der Waals surface area contributed by atoms with Gasteiger partial charge in [0.1, 0.15) is 0 Å². The van der Waals surface area contributed by atoms with E-state index >= 15 is 0 Å². The second-order valence-corrected chi connectivity index (χ2v) is 5.33. The second-order valence-electron chi connectivity index (χ2n) is 5.33. The molecule has 0 aromatic carbocycles. The van der Waals surface area contributed by atoms with E-state index in [0.717, 1.165) is 26.1 Å². The number of rotatable bonds is 5. The third-order valence-electron chi connectivity index (χ3n) is 3.59. The molecule has 4 heteroatoms. The van der Waals surface area contributed by atoms with E-state index in [1.54, 1.807) is 0 Å². The van der Waals surface area contributed by atoms with Gasteiger partial charge in [0.25, 0.3) is 0 Å². The van der Waals surface area contributed by atoms with Gasteiger partial charge in [-0.2, -0.15) is 0 Å². The first-order valence-corrected chi connectivity index (χ1v) is 7.29. The Hall–Kier alpha value is -0.160. The SMILES string of the molecule is CCC[C@H]1CO[C@H]([C@H]2CO[C@H](CCC)OC2)OC1. The third-order valence-corrected chi connectivity index (χ3v) is 3.59. The molecule has 0 atom stereocenters. The van der Waals surface area contributed by atoms with Crippen LogP contribution in [-0.4, -0.2) is 39.0 Å². The van der Waals surface area contributed by atoms with Gasteiger partial charge in [-0.25, -0.2) is 0 Å². The predicted octanol–water partition coefficient (Wildman–Crippen LogP) is 2.56. The normalized spacial score (nSPS) is 37.7. The standard InChI is InChI=1S/C14H26O4/c1-3-5-11-7-17-14(18-8-11)12-9-15-13(6-4-2)16-10-12/h11-14H,3-10H2,1-2H3/t11-,12-,13-,14-. The summed E-state index contributed by atoms with van der Waals surface area (Å²) in [6.45, 7) is 7.34. The number of ether oxygens (including phenoxy) is 4. The Bertz CT molecular complexity index is 194. The first-order chi connectivity index (χ1) is 8.83. The topological polar surface area (TPSA) is 36.9 Å². The molecule has 0 radical (unpaired) electrons. The maximum Gasteiger partial charge on any atom is 0.164 e. The van der Waals surface area contributed by atoms with Crippen molar-refractivity contribution >= 4 is 0 Å². The molecular formula is C14H26O4. The molecule has 2 fully saturated rings. The minimum atomic E-state index is -0.138. The fraction of sp³-hybridized carbons (Fsp3) is 1.00. The largest absolute Gasteiger partial charge is 0.352 e. The van der Waals surface area contributed by atoms with Gasteiger partial charge in [-0.05, 0) is 12.8 Å². The van der Waals surface area contributed by atoms with Crippen molar-refractivity contribution in [2.75, 3.05) is 26.4 Å². The molecule has 2 aliphatic rings. The number of hydrogen-bond acceptors (Lipinski definition) is 4. The van der Waals surface area contributed by atoms with E-state index in [0.29, 0.717) is 19.1 Å². The van der Waals surface area contributed by atoms with Gasteiger partial charge in [-0.15, -0.1) is 0 Å². The maximum absolute atomic E-state index is 5.80. The molecule has 106 valence electrons. The minimum absolute atomic E-state index is 0.0253. The summed E-state index contributed by atoms with van der Waals surface area (Å²) in [5.41, 5.74) is 0. The lowest BCUT2D eigenvalue weighted by Crippen LogP contribution is -2.44. The van der Waals surface area contributed by atoms with Crippen LogP contribution in [0.5, 0.6) is 0 Å². The highest BCUT2D eigenvalue weighted by molar-refractivity contribution is 4.71. The Labute approximate surface area is 110 Å². The van der Waals surface area contributed by atoms with Crippen molar-refractivity contribution in [3.05, 3.63) is 0 Å². The zero-order valence-electron chi connectivity index (χ0n) is 11.6. The summed E-state index contributed by atoms with van der Waals surface area (Å²) in [4.78, 5) is 0. The fourth-order valence-corrected chi connectivity index (χ4v) is 2.52. The predicted molar refractivity (Wildman–Crippen MR) is 68.2 cm³/mol. The molecule has 0 aromatic rings. The van der Waals surface area contributed by atoms with Crippen molar-refractivity contribution in [1.82, 2.24) is 0 Å². The first-order valence-electron chi connectivity index (χ1n) is 7.29. The maximum atomic E-state index is 5.80. The monoisotopic (exact) mass is 258 g/mol. The van der Waals surface area contributed by atoms with Gasteiger partial charge in [0.2, 0.25) is 0 Å². The van der Waals surface area contributed by atoms with Gasteiger partial charge in [0, 0.05) is 5.92 Å². The molecule has 2 heterocycles. The smallest absolute Gasteiger partial charge is 0.164 e. The summed E-state index contributed by atoms with van der Waals surface area (Å²) in [7, 11) is 0. The molecule has 2 rings (SSSR count). The highest BCUT2D eigenvalue weighted by atomic mass is 16.7. The van der Waals surface area contributed by atoms with Crippen molar-refractivity contribution in [3.63, 3.8) is 0 Å². The molecule has 0 spiro atoms. The average molecular weight is 258 g/mol. The van der Waals surface area contributed by atoms with Gasteiger partial charge < -0.3 is 18.9 Å². The molecule has 2 saturated heterocycles. The van der Waals surface area contributed by atoms with Crippen molar-refractivity contribution < 1.29 is 18.9 Å². The van der Waals surface area contributed by atoms with Crippen molar-refractivity contribution in [2.24, 2.45) is 11.8 Å². The van der Waals surface area contributed by atoms with Gasteiger partial charge in [0.15, 0.2) is 12.6 Å². The van der Waals surface area contributed by atoms with E-state index in [-0.39, 0.29) is 18.5 Å². The minimum Gasteiger partial charge on any atom is -0.352 e. The molecule has 0 N–H and O–H groups in total. The van der Waals surface area contributed by atoms with Crippen LogP contribution in [0.4, 0.5) is 0 Å². The summed E-state index contributed by atoms with van der Waals surface area (Å²) in [5, 5.41) is 0. The fourth-order valence-electron chi connectivity index (χ4n) is 2.52. The van der Waals surface area contributed by atoms with Crippen LogP contribution in [0.2, 0.25) is 0 Å². The molecule has 0 amide bonds. The Morgan fingerprint density at radius 2 is 1.39 bits per heavy atom. The lowest BCUT2D eigenvalue weighted by molar-refractivity contribution is -0.281. The molecule has 0 aromatic heterocycles. The zero-order chi connectivity index (χ0) is 12.8. The van der Waals surface area contributed by atoms with Crippen LogP contribution in [-0.2, 0) is 18.9 Å². The lowest BCUT2D eigenvalue weighted by Gasteiger charge is -2.37. The van der Waals surface area contributed by atoms with Crippen LogP contribution in [0, 0.1) is 11.8 Å². The second kappa shape index (κ2) is 7.43. The van der Waals surface area contributed by atoms with Crippen LogP contribution in [0.3, 0.4) is 0 Å².